The van der Waals surface area contributed by atoms with Crippen molar-refractivity contribution in [2.75, 3.05) is 13.2 Å². The molecule has 5 heteroatoms. The topological polar surface area (TPSA) is 55.8 Å². The van der Waals surface area contributed by atoms with E-state index in [1.807, 2.05) is 18.2 Å². The molecule has 0 bridgehead atoms. The number of hydrogen-bond donors (Lipinski definition) is 1. The van der Waals surface area contributed by atoms with Crippen molar-refractivity contribution in [2.45, 2.75) is 64.2 Å². The number of aldehydes is 1. The molecule has 0 radical (unpaired) electrons. The summed E-state index contributed by atoms with van der Waals surface area (Å²) in [6.45, 7) is 10.5. The van der Waals surface area contributed by atoms with Gasteiger partial charge in [-0.3, -0.25) is 0 Å². The lowest BCUT2D eigenvalue weighted by Gasteiger charge is -2.44. The molecule has 3 atom stereocenters. The maximum atomic E-state index is 12.1. The molecule has 0 aliphatic heterocycles. The van der Waals surface area contributed by atoms with Crippen LogP contribution in [0.15, 0.2) is 103 Å². The Kier molecular flexibility index (Phi) is 9.96. The average molecular weight is 557 g/mol. The Balaban J connectivity index is 1.54. The molecule has 1 N–H and O–H groups in total. The van der Waals surface area contributed by atoms with Gasteiger partial charge in [0.15, 0.2) is 6.29 Å². The molecule has 1 aliphatic carbocycles. The van der Waals surface area contributed by atoms with Crippen molar-refractivity contribution in [1.82, 2.24) is 0 Å². The van der Waals surface area contributed by atoms with Crippen LogP contribution in [0.25, 0.3) is 0 Å². The second-order valence-corrected chi connectivity index (χ2v) is 16.5. The number of benzene rings is 3. The van der Waals surface area contributed by atoms with Crippen LogP contribution in [-0.4, -0.2) is 38.5 Å². The van der Waals surface area contributed by atoms with E-state index in [2.05, 4.69) is 107 Å². The zero-order valence-electron chi connectivity index (χ0n) is 24.4. The molecule has 3 aromatic carbocycles. The van der Waals surface area contributed by atoms with Crippen LogP contribution in [0.1, 0.15) is 52.5 Å². The molecule has 4 rings (SSSR count). The van der Waals surface area contributed by atoms with Crippen LogP contribution in [0.5, 0.6) is 0 Å². The molecule has 212 valence electrons. The van der Waals surface area contributed by atoms with Crippen molar-refractivity contribution >= 4 is 25.0 Å². The molecule has 40 heavy (non-hydrogen) atoms. The summed E-state index contributed by atoms with van der Waals surface area (Å²) < 4.78 is 13.1. The first kappa shape index (κ1) is 30.1. The van der Waals surface area contributed by atoms with E-state index in [4.69, 9.17) is 9.16 Å². The van der Waals surface area contributed by atoms with E-state index in [1.165, 1.54) is 10.4 Å². The van der Waals surface area contributed by atoms with Crippen molar-refractivity contribution in [1.29, 1.82) is 0 Å². The molecule has 3 aromatic rings. The fourth-order valence-electron chi connectivity index (χ4n) is 6.12. The van der Waals surface area contributed by atoms with Gasteiger partial charge in [-0.25, -0.2) is 0 Å². The molecule has 0 spiro atoms. The minimum Gasteiger partial charge on any atom is -0.403 e. The molecule has 0 unspecified atom stereocenters. The van der Waals surface area contributed by atoms with Crippen LogP contribution < -0.4 is 10.4 Å². The van der Waals surface area contributed by atoms with Crippen molar-refractivity contribution < 1.29 is 19.1 Å². The van der Waals surface area contributed by atoms with Gasteiger partial charge >= 0.3 is 0 Å². The summed E-state index contributed by atoms with van der Waals surface area (Å²) in [7, 11) is -2.69. The van der Waals surface area contributed by atoms with Gasteiger partial charge in [-0.05, 0) is 51.7 Å². The highest BCUT2D eigenvalue weighted by molar-refractivity contribution is 6.99. The third kappa shape index (κ3) is 6.72. The van der Waals surface area contributed by atoms with Crippen LogP contribution in [0.4, 0.5) is 0 Å². The molecule has 4 nitrogen and oxygen atoms in total. The molecule has 0 saturated heterocycles. The number of carbonyl (C=O) groups is 1. The summed E-state index contributed by atoms with van der Waals surface area (Å²) in [4.78, 5) is 12.1. The Morgan fingerprint density at radius 1 is 0.900 bits per heavy atom. The number of aliphatic hydroxyl groups is 1. The average Bonchev–Trinajstić information content (AvgIpc) is 2.96. The summed E-state index contributed by atoms with van der Waals surface area (Å²) >= 11 is 0. The number of carbonyl (C=O) groups excluding carboxylic acids is 1. The van der Waals surface area contributed by atoms with Crippen LogP contribution in [0.3, 0.4) is 0 Å². The third-order valence-electron chi connectivity index (χ3n) is 8.32. The second-order valence-electron chi connectivity index (χ2n) is 12.2. The predicted octanol–water partition coefficient (Wildman–Crippen LogP) is 6.07. The highest BCUT2D eigenvalue weighted by Crippen LogP contribution is 2.40. The van der Waals surface area contributed by atoms with E-state index in [0.717, 1.165) is 23.8 Å². The molecule has 0 amide bonds. The summed E-state index contributed by atoms with van der Waals surface area (Å²) in [5.74, 6) is -0.224. The van der Waals surface area contributed by atoms with Crippen LogP contribution in [-0.2, 0) is 20.6 Å². The third-order valence-corrected chi connectivity index (χ3v) is 13.3. The van der Waals surface area contributed by atoms with Crippen molar-refractivity contribution in [2.24, 2.45) is 11.8 Å². The summed E-state index contributed by atoms with van der Waals surface area (Å²) in [5.41, 5.74) is 0.940. The van der Waals surface area contributed by atoms with E-state index in [1.54, 1.807) is 0 Å². The van der Waals surface area contributed by atoms with Crippen LogP contribution >= 0.6 is 0 Å². The minimum atomic E-state index is -2.69. The molecule has 0 aromatic heterocycles. The zero-order valence-corrected chi connectivity index (χ0v) is 25.4. The van der Waals surface area contributed by atoms with Gasteiger partial charge in [0.05, 0.1) is 13.2 Å². The predicted molar refractivity (Wildman–Crippen MR) is 165 cm³/mol. The molecule has 0 saturated carbocycles. The monoisotopic (exact) mass is 556 g/mol. The Morgan fingerprint density at radius 3 is 1.98 bits per heavy atom. The van der Waals surface area contributed by atoms with Crippen molar-refractivity contribution in [3.63, 3.8) is 0 Å². The fourth-order valence-corrected chi connectivity index (χ4v) is 10.7. The SMILES string of the molecule is C[C@H]1C[C@@](O)(C=O)[C@@H](CCCOCc2ccccc2)C=C1CO[Si](c1ccccc1)(c1ccccc1)C(C)(C)C. The minimum absolute atomic E-state index is 0.0407. The number of hydrogen-bond acceptors (Lipinski definition) is 4. The zero-order chi connectivity index (χ0) is 28.6. The van der Waals surface area contributed by atoms with Gasteiger partial charge in [-0.15, -0.1) is 0 Å². The van der Waals surface area contributed by atoms with Gasteiger partial charge in [0, 0.05) is 12.5 Å². The summed E-state index contributed by atoms with van der Waals surface area (Å²) in [6, 6.07) is 31.4. The first-order valence-electron chi connectivity index (χ1n) is 14.5. The maximum Gasteiger partial charge on any atom is 0.261 e. The van der Waals surface area contributed by atoms with Crippen LogP contribution in [0, 0.1) is 11.8 Å². The van der Waals surface area contributed by atoms with Gasteiger partial charge in [0.2, 0.25) is 0 Å². The standard InChI is InChI=1S/C35H44O4Si/c1-28-24-35(37,27-36)31(17-14-22-38-25-29-15-8-5-9-16-29)23-30(28)26-39-40(34(2,3)4,32-18-10-6-11-19-32)33-20-12-7-13-21-33/h5-13,15-16,18-21,23,27-28,31,37H,14,17,22,24-26H2,1-4H3/t28-,31-,35+/m0/s1. The van der Waals surface area contributed by atoms with E-state index in [-0.39, 0.29) is 16.9 Å². The Morgan fingerprint density at radius 2 is 1.45 bits per heavy atom. The molecular formula is C35H44O4Si. The number of rotatable bonds is 12. The second kappa shape index (κ2) is 13.2. The Labute approximate surface area is 241 Å². The highest BCUT2D eigenvalue weighted by atomic mass is 28.4. The Bertz CT molecular complexity index is 1200. The van der Waals surface area contributed by atoms with E-state index in [9.17, 15) is 9.90 Å². The van der Waals surface area contributed by atoms with Crippen molar-refractivity contribution in [3.8, 4) is 0 Å². The lowest BCUT2D eigenvalue weighted by Crippen LogP contribution is -2.66. The number of ether oxygens (including phenoxy) is 1. The first-order chi connectivity index (χ1) is 19.2. The normalized spacial score (nSPS) is 21.6. The van der Waals surface area contributed by atoms with Crippen LogP contribution in [0.2, 0.25) is 5.04 Å². The van der Waals surface area contributed by atoms with E-state index < -0.39 is 13.9 Å². The lowest BCUT2D eigenvalue weighted by atomic mass is 9.71. The van der Waals surface area contributed by atoms with Gasteiger partial charge in [0.1, 0.15) is 5.60 Å². The van der Waals surface area contributed by atoms with Gasteiger partial charge < -0.3 is 19.1 Å². The maximum absolute atomic E-state index is 12.1. The quantitative estimate of drug-likeness (QED) is 0.127. The molecule has 0 fully saturated rings. The smallest absolute Gasteiger partial charge is 0.261 e. The van der Waals surface area contributed by atoms with Gasteiger partial charge in [0.25, 0.3) is 8.32 Å². The van der Waals surface area contributed by atoms with Crippen molar-refractivity contribution in [3.05, 3.63) is 108 Å². The summed E-state index contributed by atoms with van der Waals surface area (Å²) in [5, 5.41) is 13.7. The largest absolute Gasteiger partial charge is 0.403 e. The van der Waals surface area contributed by atoms with Gasteiger partial charge in [-0.2, -0.15) is 0 Å². The van der Waals surface area contributed by atoms with Gasteiger partial charge in [-0.1, -0.05) is 125 Å². The summed E-state index contributed by atoms with van der Waals surface area (Å²) in [6.07, 6.45) is 4.72. The van der Waals surface area contributed by atoms with E-state index >= 15 is 0 Å². The fraction of sp³-hybridized carbons (Fsp3) is 0.400. The molecular weight excluding hydrogens is 512 g/mol. The highest BCUT2D eigenvalue weighted by Gasteiger charge is 2.50. The van der Waals surface area contributed by atoms with E-state index in [0.29, 0.717) is 32.7 Å². The lowest BCUT2D eigenvalue weighted by molar-refractivity contribution is -0.131. The first-order valence-corrected chi connectivity index (χ1v) is 16.4. The molecule has 0 heterocycles. The Hall–Kier alpha value is -2.83. The molecule has 1 aliphatic rings.